The van der Waals surface area contributed by atoms with Gasteiger partial charge in [0.25, 0.3) is 0 Å². The number of imide groups is 1. The van der Waals surface area contributed by atoms with E-state index in [9.17, 15) is 9.59 Å². The number of hydrogen-bond acceptors (Lipinski definition) is 2. The molecule has 0 aromatic rings. The third-order valence-electron chi connectivity index (χ3n) is 1.94. The summed E-state index contributed by atoms with van der Waals surface area (Å²) in [6.07, 6.45) is 2.73. The molecule has 0 unspecified atom stereocenters. The fourth-order valence-corrected chi connectivity index (χ4v) is 1.09. The number of carbonyl (C=O) groups is 2. The molecule has 0 saturated carbocycles. The Kier molecular flexibility index (Phi) is 6.20. The SMILES string of the molecule is CCCCN(C(=O)CC)C(=O)CC. The molecule has 0 aromatic carbocycles. The van der Waals surface area contributed by atoms with Crippen molar-refractivity contribution in [2.45, 2.75) is 46.5 Å². The van der Waals surface area contributed by atoms with E-state index in [2.05, 4.69) is 0 Å². The zero-order valence-corrected chi connectivity index (χ0v) is 8.80. The monoisotopic (exact) mass is 185 g/mol. The second kappa shape index (κ2) is 6.63. The van der Waals surface area contributed by atoms with Crippen LogP contribution in [0, 0.1) is 0 Å². The first-order chi connectivity index (χ1) is 6.17. The summed E-state index contributed by atoms with van der Waals surface area (Å²) < 4.78 is 0. The van der Waals surface area contributed by atoms with Crippen molar-refractivity contribution >= 4 is 11.8 Å². The zero-order chi connectivity index (χ0) is 10.3. The Labute approximate surface area is 80.1 Å². The number of hydrogen-bond donors (Lipinski definition) is 0. The third kappa shape index (κ3) is 4.06. The fourth-order valence-electron chi connectivity index (χ4n) is 1.09. The number of nitrogens with zero attached hydrogens (tertiary/aromatic N) is 1. The number of rotatable bonds is 5. The Morgan fingerprint density at radius 2 is 1.46 bits per heavy atom. The maximum Gasteiger partial charge on any atom is 0.228 e. The van der Waals surface area contributed by atoms with Crippen LogP contribution in [0.25, 0.3) is 0 Å². The molecule has 2 amide bonds. The molecule has 13 heavy (non-hydrogen) atoms. The van der Waals surface area contributed by atoms with E-state index in [4.69, 9.17) is 0 Å². The summed E-state index contributed by atoms with van der Waals surface area (Å²) in [6, 6.07) is 0. The van der Waals surface area contributed by atoms with Crippen molar-refractivity contribution in [1.29, 1.82) is 0 Å². The topological polar surface area (TPSA) is 37.4 Å². The minimum Gasteiger partial charge on any atom is -0.283 e. The molecule has 76 valence electrons. The summed E-state index contributed by atoms with van der Waals surface area (Å²) in [5, 5.41) is 0. The molecule has 0 radical (unpaired) electrons. The van der Waals surface area contributed by atoms with Gasteiger partial charge in [0.2, 0.25) is 11.8 Å². The van der Waals surface area contributed by atoms with Gasteiger partial charge in [-0.25, -0.2) is 0 Å². The van der Waals surface area contributed by atoms with E-state index < -0.39 is 0 Å². The molecule has 0 saturated heterocycles. The third-order valence-corrected chi connectivity index (χ3v) is 1.94. The molecule has 3 heteroatoms. The standard InChI is InChI=1S/C10H19NO2/c1-4-7-8-11(9(12)5-2)10(13)6-3/h4-8H2,1-3H3. The van der Waals surface area contributed by atoms with Gasteiger partial charge in [-0.05, 0) is 6.42 Å². The van der Waals surface area contributed by atoms with E-state index in [0.717, 1.165) is 12.8 Å². The fraction of sp³-hybridized carbons (Fsp3) is 0.800. The van der Waals surface area contributed by atoms with Gasteiger partial charge in [-0.1, -0.05) is 27.2 Å². The molecule has 0 aromatic heterocycles. The Bertz CT molecular complexity index is 162. The van der Waals surface area contributed by atoms with E-state index in [1.54, 1.807) is 13.8 Å². The predicted octanol–water partition coefficient (Wildman–Crippen LogP) is 1.96. The molecule has 0 aliphatic heterocycles. The molecule has 0 fully saturated rings. The first kappa shape index (κ1) is 12.1. The van der Waals surface area contributed by atoms with Crippen molar-refractivity contribution in [3.05, 3.63) is 0 Å². The molecule has 0 heterocycles. The highest BCUT2D eigenvalue weighted by molar-refractivity contribution is 5.94. The average Bonchev–Trinajstić information content (AvgIpc) is 2.17. The normalized spacial score (nSPS) is 9.77. The molecule has 0 spiro atoms. The summed E-state index contributed by atoms with van der Waals surface area (Å²) in [5.74, 6) is -0.111. The number of amides is 2. The first-order valence-electron chi connectivity index (χ1n) is 5.00. The first-order valence-corrected chi connectivity index (χ1v) is 5.00. The van der Waals surface area contributed by atoms with Gasteiger partial charge in [0, 0.05) is 19.4 Å². The Morgan fingerprint density at radius 3 is 1.77 bits per heavy atom. The molecule has 0 N–H and O–H groups in total. The van der Waals surface area contributed by atoms with Gasteiger partial charge in [0.05, 0.1) is 0 Å². The van der Waals surface area contributed by atoms with Crippen LogP contribution in [-0.4, -0.2) is 23.3 Å². The van der Waals surface area contributed by atoms with E-state index in [1.807, 2.05) is 6.92 Å². The highest BCUT2D eigenvalue weighted by atomic mass is 16.2. The summed E-state index contributed by atoms with van der Waals surface area (Å²) in [5.41, 5.74) is 0. The van der Waals surface area contributed by atoms with Crippen LogP contribution < -0.4 is 0 Å². The van der Waals surface area contributed by atoms with Crippen LogP contribution in [0.15, 0.2) is 0 Å². The lowest BCUT2D eigenvalue weighted by molar-refractivity contribution is -0.144. The van der Waals surface area contributed by atoms with Crippen LogP contribution in [0.5, 0.6) is 0 Å². The Hall–Kier alpha value is -0.860. The smallest absolute Gasteiger partial charge is 0.228 e. The predicted molar refractivity (Wildman–Crippen MR) is 52.2 cm³/mol. The van der Waals surface area contributed by atoms with Crippen molar-refractivity contribution in [3.63, 3.8) is 0 Å². The van der Waals surface area contributed by atoms with Gasteiger partial charge in [-0.15, -0.1) is 0 Å². The second-order valence-corrected chi connectivity index (χ2v) is 3.00. The highest BCUT2D eigenvalue weighted by Gasteiger charge is 2.16. The molecule has 0 aliphatic carbocycles. The maximum absolute atomic E-state index is 11.3. The van der Waals surface area contributed by atoms with Crippen molar-refractivity contribution in [3.8, 4) is 0 Å². The van der Waals surface area contributed by atoms with E-state index in [1.165, 1.54) is 4.90 Å². The Balaban J connectivity index is 4.18. The molecule has 0 atom stereocenters. The zero-order valence-electron chi connectivity index (χ0n) is 8.80. The van der Waals surface area contributed by atoms with Crippen LogP contribution in [0.3, 0.4) is 0 Å². The Morgan fingerprint density at radius 1 is 1.00 bits per heavy atom. The van der Waals surface area contributed by atoms with Gasteiger partial charge < -0.3 is 0 Å². The second-order valence-electron chi connectivity index (χ2n) is 3.00. The van der Waals surface area contributed by atoms with E-state index in [-0.39, 0.29) is 11.8 Å². The number of carbonyl (C=O) groups excluding carboxylic acids is 2. The molecule has 0 bridgehead atoms. The molecule has 3 nitrogen and oxygen atoms in total. The highest BCUT2D eigenvalue weighted by Crippen LogP contribution is 2.01. The summed E-state index contributed by atoms with van der Waals surface area (Å²) >= 11 is 0. The quantitative estimate of drug-likeness (QED) is 0.656. The van der Waals surface area contributed by atoms with Crippen molar-refractivity contribution in [2.75, 3.05) is 6.54 Å². The van der Waals surface area contributed by atoms with Gasteiger partial charge in [-0.3, -0.25) is 14.5 Å². The van der Waals surface area contributed by atoms with Crippen LogP contribution >= 0.6 is 0 Å². The summed E-state index contributed by atoms with van der Waals surface area (Å²) in [6.45, 7) is 6.19. The van der Waals surface area contributed by atoms with Gasteiger partial charge >= 0.3 is 0 Å². The lowest BCUT2D eigenvalue weighted by atomic mass is 10.2. The van der Waals surface area contributed by atoms with Crippen LogP contribution in [0.4, 0.5) is 0 Å². The minimum absolute atomic E-state index is 0.0553. The van der Waals surface area contributed by atoms with Crippen LogP contribution in [0.2, 0.25) is 0 Å². The number of unbranched alkanes of at least 4 members (excludes halogenated alkanes) is 1. The van der Waals surface area contributed by atoms with E-state index >= 15 is 0 Å². The average molecular weight is 185 g/mol. The molecule has 0 rings (SSSR count). The lowest BCUT2D eigenvalue weighted by Crippen LogP contribution is -2.36. The van der Waals surface area contributed by atoms with Gasteiger partial charge in [0.15, 0.2) is 0 Å². The minimum atomic E-state index is -0.0553. The molecular weight excluding hydrogens is 166 g/mol. The van der Waals surface area contributed by atoms with Gasteiger partial charge in [-0.2, -0.15) is 0 Å². The van der Waals surface area contributed by atoms with E-state index in [0.29, 0.717) is 19.4 Å². The van der Waals surface area contributed by atoms with Crippen LogP contribution in [0.1, 0.15) is 46.5 Å². The van der Waals surface area contributed by atoms with Gasteiger partial charge in [0.1, 0.15) is 0 Å². The maximum atomic E-state index is 11.3. The van der Waals surface area contributed by atoms with Crippen molar-refractivity contribution in [1.82, 2.24) is 4.90 Å². The molecular formula is C10H19NO2. The lowest BCUT2D eigenvalue weighted by Gasteiger charge is -2.19. The van der Waals surface area contributed by atoms with Crippen molar-refractivity contribution in [2.24, 2.45) is 0 Å². The summed E-state index contributed by atoms with van der Waals surface area (Å²) in [4.78, 5) is 24.0. The van der Waals surface area contributed by atoms with Crippen LogP contribution in [-0.2, 0) is 9.59 Å². The summed E-state index contributed by atoms with van der Waals surface area (Å²) in [7, 11) is 0. The van der Waals surface area contributed by atoms with Crippen molar-refractivity contribution < 1.29 is 9.59 Å². The molecule has 0 aliphatic rings. The largest absolute Gasteiger partial charge is 0.283 e.